The Kier molecular flexibility index (Phi) is 6.20. The van der Waals surface area contributed by atoms with Gasteiger partial charge in [-0.15, -0.1) is 0 Å². The molecule has 6 nitrogen and oxygen atoms in total. The van der Waals surface area contributed by atoms with Gasteiger partial charge < -0.3 is 20.1 Å². The SMILES string of the molecule is Cc1noc(C)c1CCCNC(=O)NCC(C)(C)N(C)C. The zero-order valence-corrected chi connectivity index (χ0v) is 14.0. The summed E-state index contributed by atoms with van der Waals surface area (Å²) in [4.78, 5) is 13.8. The minimum absolute atomic E-state index is 0.0615. The number of carbonyl (C=O) groups is 1. The third-order valence-electron chi connectivity index (χ3n) is 3.96. The number of hydrogen-bond acceptors (Lipinski definition) is 4. The van der Waals surface area contributed by atoms with Crippen molar-refractivity contribution in [2.24, 2.45) is 0 Å². The second-order valence-corrected chi connectivity index (χ2v) is 6.22. The van der Waals surface area contributed by atoms with Crippen LogP contribution in [0.2, 0.25) is 0 Å². The molecular weight excluding hydrogens is 268 g/mol. The Morgan fingerprint density at radius 2 is 1.95 bits per heavy atom. The number of rotatable bonds is 7. The van der Waals surface area contributed by atoms with Crippen LogP contribution < -0.4 is 10.6 Å². The van der Waals surface area contributed by atoms with Crippen LogP contribution in [0.4, 0.5) is 4.79 Å². The van der Waals surface area contributed by atoms with E-state index < -0.39 is 0 Å². The predicted octanol–water partition coefficient (Wildman–Crippen LogP) is 1.86. The lowest BCUT2D eigenvalue weighted by atomic mass is 10.0. The topological polar surface area (TPSA) is 70.4 Å². The number of nitrogens with zero attached hydrogens (tertiary/aromatic N) is 2. The highest BCUT2D eigenvalue weighted by Gasteiger charge is 2.20. The molecule has 6 heteroatoms. The maximum absolute atomic E-state index is 11.7. The van der Waals surface area contributed by atoms with Gasteiger partial charge in [0.25, 0.3) is 0 Å². The van der Waals surface area contributed by atoms with E-state index in [0.29, 0.717) is 13.1 Å². The zero-order valence-electron chi connectivity index (χ0n) is 14.0. The summed E-state index contributed by atoms with van der Waals surface area (Å²) >= 11 is 0. The summed E-state index contributed by atoms with van der Waals surface area (Å²) in [5.74, 6) is 0.865. The molecule has 0 fully saturated rings. The largest absolute Gasteiger partial charge is 0.361 e. The lowest BCUT2D eigenvalue weighted by Crippen LogP contribution is -2.50. The third kappa shape index (κ3) is 5.38. The molecule has 0 spiro atoms. The molecule has 1 aromatic rings. The molecule has 0 radical (unpaired) electrons. The molecule has 0 saturated carbocycles. The molecule has 0 aliphatic heterocycles. The average Bonchev–Trinajstić information content (AvgIpc) is 2.72. The van der Waals surface area contributed by atoms with Crippen molar-refractivity contribution in [2.45, 2.75) is 46.1 Å². The van der Waals surface area contributed by atoms with Gasteiger partial charge in [-0.05, 0) is 54.6 Å². The molecule has 2 amide bonds. The van der Waals surface area contributed by atoms with Crippen molar-refractivity contribution in [3.05, 3.63) is 17.0 Å². The second-order valence-electron chi connectivity index (χ2n) is 6.22. The molecule has 1 heterocycles. The van der Waals surface area contributed by atoms with E-state index in [4.69, 9.17) is 4.52 Å². The van der Waals surface area contributed by atoms with Crippen LogP contribution in [-0.4, -0.2) is 48.8 Å². The van der Waals surface area contributed by atoms with Gasteiger partial charge in [-0.3, -0.25) is 0 Å². The molecule has 0 bridgehead atoms. The standard InChI is InChI=1S/C15H28N4O2/c1-11-13(12(2)21-18-11)8-7-9-16-14(20)17-10-15(3,4)19(5)6/h7-10H2,1-6H3,(H2,16,17,20). The van der Waals surface area contributed by atoms with Crippen molar-refractivity contribution >= 4 is 6.03 Å². The molecule has 0 aromatic carbocycles. The fourth-order valence-electron chi connectivity index (χ4n) is 1.84. The number of amides is 2. The minimum Gasteiger partial charge on any atom is -0.361 e. The number of hydrogen-bond donors (Lipinski definition) is 2. The Labute approximate surface area is 127 Å². The van der Waals surface area contributed by atoms with Gasteiger partial charge in [0, 0.05) is 24.2 Å². The highest BCUT2D eigenvalue weighted by molar-refractivity contribution is 5.73. The Morgan fingerprint density at radius 1 is 1.29 bits per heavy atom. The minimum atomic E-state index is -0.122. The van der Waals surface area contributed by atoms with E-state index in [9.17, 15) is 4.79 Å². The molecule has 120 valence electrons. The van der Waals surface area contributed by atoms with E-state index in [1.165, 1.54) is 0 Å². The predicted molar refractivity (Wildman–Crippen MR) is 83.5 cm³/mol. The van der Waals surface area contributed by atoms with E-state index in [1.807, 2.05) is 27.9 Å². The maximum Gasteiger partial charge on any atom is 0.314 e. The second kappa shape index (κ2) is 7.45. The van der Waals surface area contributed by atoms with Gasteiger partial charge in [0.15, 0.2) is 0 Å². The molecule has 0 atom stereocenters. The van der Waals surface area contributed by atoms with Crippen LogP contribution in [0.1, 0.15) is 37.3 Å². The average molecular weight is 296 g/mol. The fourth-order valence-corrected chi connectivity index (χ4v) is 1.84. The monoisotopic (exact) mass is 296 g/mol. The maximum atomic E-state index is 11.7. The van der Waals surface area contributed by atoms with Gasteiger partial charge >= 0.3 is 6.03 Å². The van der Waals surface area contributed by atoms with Crippen molar-refractivity contribution in [1.29, 1.82) is 0 Å². The van der Waals surface area contributed by atoms with Crippen LogP contribution >= 0.6 is 0 Å². The smallest absolute Gasteiger partial charge is 0.314 e. The summed E-state index contributed by atoms with van der Waals surface area (Å²) in [6.45, 7) is 9.28. The molecule has 0 saturated heterocycles. The first-order chi connectivity index (χ1) is 9.74. The van der Waals surface area contributed by atoms with Crippen LogP contribution in [0.3, 0.4) is 0 Å². The Bertz CT molecular complexity index is 447. The normalized spacial score (nSPS) is 11.8. The number of aromatic nitrogens is 1. The van der Waals surface area contributed by atoms with Crippen LogP contribution in [0.15, 0.2) is 4.52 Å². The van der Waals surface area contributed by atoms with Gasteiger partial charge in [0.2, 0.25) is 0 Å². The zero-order chi connectivity index (χ0) is 16.0. The molecule has 21 heavy (non-hydrogen) atoms. The van der Waals surface area contributed by atoms with E-state index in [-0.39, 0.29) is 11.6 Å². The summed E-state index contributed by atoms with van der Waals surface area (Å²) in [5.41, 5.74) is 2.02. The summed E-state index contributed by atoms with van der Waals surface area (Å²) in [6.07, 6.45) is 1.73. The molecule has 1 aromatic heterocycles. The highest BCUT2D eigenvalue weighted by atomic mass is 16.5. The first-order valence-electron chi connectivity index (χ1n) is 7.35. The van der Waals surface area contributed by atoms with Crippen LogP contribution in [0.5, 0.6) is 0 Å². The molecular formula is C15H28N4O2. The quantitative estimate of drug-likeness (QED) is 0.754. The van der Waals surface area contributed by atoms with E-state index in [2.05, 4.69) is 34.5 Å². The third-order valence-corrected chi connectivity index (χ3v) is 3.96. The van der Waals surface area contributed by atoms with Crippen molar-refractivity contribution in [1.82, 2.24) is 20.7 Å². The van der Waals surface area contributed by atoms with Gasteiger partial charge in [-0.2, -0.15) is 0 Å². The number of urea groups is 1. The van der Waals surface area contributed by atoms with E-state index in [0.717, 1.165) is 29.9 Å². The fraction of sp³-hybridized carbons (Fsp3) is 0.733. The Morgan fingerprint density at radius 3 is 2.48 bits per heavy atom. The Hall–Kier alpha value is -1.56. The summed E-state index contributed by atoms with van der Waals surface area (Å²) in [7, 11) is 4.01. The van der Waals surface area contributed by atoms with E-state index in [1.54, 1.807) is 0 Å². The molecule has 1 rings (SSSR count). The van der Waals surface area contributed by atoms with Crippen molar-refractivity contribution in [3.8, 4) is 0 Å². The summed E-state index contributed by atoms with van der Waals surface area (Å²) < 4.78 is 5.12. The lowest BCUT2D eigenvalue weighted by Gasteiger charge is -2.32. The lowest BCUT2D eigenvalue weighted by molar-refractivity contribution is 0.186. The van der Waals surface area contributed by atoms with Gasteiger partial charge in [-0.25, -0.2) is 4.79 Å². The van der Waals surface area contributed by atoms with Crippen molar-refractivity contribution in [3.63, 3.8) is 0 Å². The summed E-state index contributed by atoms with van der Waals surface area (Å²) in [5, 5.41) is 9.70. The molecule has 0 unspecified atom stereocenters. The van der Waals surface area contributed by atoms with Gasteiger partial charge in [0.1, 0.15) is 5.76 Å². The highest BCUT2D eigenvalue weighted by Crippen LogP contribution is 2.13. The van der Waals surface area contributed by atoms with Crippen molar-refractivity contribution < 1.29 is 9.32 Å². The van der Waals surface area contributed by atoms with Gasteiger partial charge in [-0.1, -0.05) is 5.16 Å². The number of aryl methyl sites for hydroxylation is 2. The number of likely N-dealkylation sites (N-methyl/N-ethyl adjacent to an activating group) is 1. The summed E-state index contributed by atoms with van der Waals surface area (Å²) in [6, 6.07) is -0.122. The molecule has 0 aliphatic carbocycles. The first-order valence-corrected chi connectivity index (χ1v) is 7.35. The molecule has 2 N–H and O–H groups in total. The number of nitrogens with one attached hydrogen (secondary N) is 2. The van der Waals surface area contributed by atoms with Crippen LogP contribution in [0.25, 0.3) is 0 Å². The van der Waals surface area contributed by atoms with Crippen LogP contribution in [-0.2, 0) is 6.42 Å². The van der Waals surface area contributed by atoms with Crippen molar-refractivity contribution in [2.75, 3.05) is 27.2 Å². The van der Waals surface area contributed by atoms with E-state index >= 15 is 0 Å². The number of carbonyl (C=O) groups excluding carboxylic acids is 1. The van der Waals surface area contributed by atoms with Gasteiger partial charge in [0.05, 0.1) is 5.69 Å². The first kappa shape index (κ1) is 17.5. The Balaban J connectivity index is 2.23. The van der Waals surface area contributed by atoms with Crippen LogP contribution in [0, 0.1) is 13.8 Å². The molecule has 0 aliphatic rings.